The lowest BCUT2D eigenvalue weighted by Crippen LogP contribution is -2.23. The summed E-state index contributed by atoms with van der Waals surface area (Å²) in [7, 11) is 0. The maximum atomic E-state index is 12.6. The van der Waals surface area contributed by atoms with Gasteiger partial charge in [-0.25, -0.2) is 19.2 Å². The van der Waals surface area contributed by atoms with Gasteiger partial charge in [-0.15, -0.1) is 11.3 Å². The number of carbonyl (C=O) groups is 2. The first-order valence-electron chi connectivity index (χ1n) is 5.13. The molecule has 2 aromatic rings. The number of carboxylic acids is 1. The zero-order valence-corrected chi connectivity index (χ0v) is 10.3. The molecule has 0 fully saturated rings. The van der Waals surface area contributed by atoms with E-state index in [1.807, 2.05) is 0 Å². The van der Waals surface area contributed by atoms with Crippen LogP contribution in [0.3, 0.4) is 0 Å². The van der Waals surface area contributed by atoms with Gasteiger partial charge >= 0.3 is 5.97 Å². The summed E-state index contributed by atoms with van der Waals surface area (Å²) >= 11 is 1.13. The smallest absolute Gasteiger partial charge is 0.355 e. The maximum absolute atomic E-state index is 12.6. The number of aromatic carboxylic acids is 1. The highest BCUT2D eigenvalue weighted by molar-refractivity contribution is 7.09. The van der Waals surface area contributed by atoms with Gasteiger partial charge < -0.3 is 10.4 Å². The topological polar surface area (TPSA) is 92.2 Å². The van der Waals surface area contributed by atoms with E-state index >= 15 is 0 Å². The Morgan fingerprint density at radius 3 is 2.74 bits per heavy atom. The number of rotatable bonds is 4. The molecule has 0 spiro atoms. The van der Waals surface area contributed by atoms with Crippen LogP contribution in [0.1, 0.15) is 26.0 Å². The van der Waals surface area contributed by atoms with Crippen LogP contribution in [-0.4, -0.2) is 27.0 Å². The average Bonchev–Trinajstić information content (AvgIpc) is 2.86. The molecule has 2 heterocycles. The first-order valence-corrected chi connectivity index (χ1v) is 6.01. The summed E-state index contributed by atoms with van der Waals surface area (Å²) in [6.45, 7) is 0.0931. The third-order valence-corrected chi connectivity index (χ3v) is 2.98. The van der Waals surface area contributed by atoms with Crippen molar-refractivity contribution in [2.45, 2.75) is 6.54 Å². The minimum atomic E-state index is -1.12. The highest BCUT2D eigenvalue weighted by Gasteiger charge is 2.11. The number of thiazole rings is 1. The standard InChI is InChI=1S/C11H8FN3O3S/c12-6-1-2-7(13-3-6)10(16)14-4-9-15-8(5-19-9)11(17)18/h1-3,5H,4H2,(H,14,16)(H,17,18). The number of carboxylic acid groups (broad SMARTS) is 1. The van der Waals surface area contributed by atoms with Gasteiger partial charge in [0.05, 0.1) is 12.7 Å². The fourth-order valence-corrected chi connectivity index (χ4v) is 1.95. The van der Waals surface area contributed by atoms with Gasteiger partial charge in [0, 0.05) is 5.38 Å². The molecule has 0 unspecified atom stereocenters. The van der Waals surface area contributed by atoms with Gasteiger partial charge in [0.15, 0.2) is 5.69 Å². The quantitative estimate of drug-likeness (QED) is 0.881. The van der Waals surface area contributed by atoms with E-state index < -0.39 is 17.7 Å². The van der Waals surface area contributed by atoms with Crippen molar-refractivity contribution in [3.63, 3.8) is 0 Å². The van der Waals surface area contributed by atoms with Crippen LogP contribution in [0.15, 0.2) is 23.7 Å². The van der Waals surface area contributed by atoms with Gasteiger partial charge in [0.1, 0.15) is 16.5 Å². The van der Waals surface area contributed by atoms with E-state index in [0.29, 0.717) is 5.01 Å². The van der Waals surface area contributed by atoms with Crippen LogP contribution in [0.2, 0.25) is 0 Å². The Morgan fingerprint density at radius 2 is 2.16 bits per heavy atom. The number of carbonyl (C=O) groups excluding carboxylic acids is 1. The van der Waals surface area contributed by atoms with Gasteiger partial charge in [0.25, 0.3) is 5.91 Å². The lowest BCUT2D eigenvalue weighted by molar-refractivity contribution is 0.0691. The Kier molecular flexibility index (Phi) is 3.81. The molecule has 0 aliphatic carbocycles. The molecule has 0 aromatic carbocycles. The van der Waals surface area contributed by atoms with Crippen LogP contribution in [0, 0.1) is 5.82 Å². The summed E-state index contributed by atoms with van der Waals surface area (Å²) in [5.41, 5.74) is 0.0190. The molecule has 1 amide bonds. The Labute approximate surface area is 110 Å². The molecule has 0 saturated carbocycles. The number of halogens is 1. The number of nitrogens with zero attached hydrogens (tertiary/aromatic N) is 2. The first-order chi connectivity index (χ1) is 9.06. The van der Waals surface area contributed by atoms with Gasteiger partial charge in [-0.05, 0) is 12.1 Å². The zero-order chi connectivity index (χ0) is 13.8. The molecule has 0 bridgehead atoms. The highest BCUT2D eigenvalue weighted by atomic mass is 32.1. The van der Waals surface area contributed by atoms with Crippen LogP contribution < -0.4 is 5.32 Å². The lowest BCUT2D eigenvalue weighted by atomic mass is 10.3. The van der Waals surface area contributed by atoms with Gasteiger partial charge in [-0.1, -0.05) is 0 Å². The van der Waals surface area contributed by atoms with Crippen molar-refractivity contribution in [3.05, 3.63) is 45.9 Å². The monoisotopic (exact) mass is 281 g/mol. The number of amides is 1. The molecule has 0 atom stereocenters. The highest BCUT2D eigenvalue weighted by Crippen LogP contribution is 2.09. The predicted molar refractivity (Wildman–Crippen MR) is 64.4 cm³/mol. The molecule has 2 rings (SSSR count). The third-order valence-electron chi connectivity index (χ3n) is 2.13. The maximum Gasteiger partial charge on any atom is 0.355 e. The summed E-state index contributed by atoms with van der Waals surface area (Å²) in [5.74, 6) is -2.12. The molecule has 98 valence electrons. The van der Waals surface area contributed by atoms with Crippen LogP contribution in [0.25, 0.3) is 0 Å². The van der Waals surface area contributed by atoms with E-state index in [9.17, 15) is 14.0 Å². The Hall–Kier alpha value is -2.35. The van der Waals surface area contributed by atoms with Crippen molar-refractivity contribution in [2.75, 3.05) is 0 Å². The van der Waals surface area contributed by atoms with Crippen molar-refractivity contribution in [2.24, 2.45) is 0 Å². The first kappa shape index (κ1) is 13.1. The number of hydrogen-bond acceptors (Lipinski definition) is 5. The third kappa shape index (κ3) is 3.32. The summed E-state index contributed by atoms with van der Waals surface area (Å²) in [4.78, 5) is 29.7. The molecule has 2 aromatic heterocycles. The zero-order valence-electron chi connectivity index (χ0n) is 9.46. The fourth-order valence-electron chi connectivity index (χ4n) is 1.25. The lowest BCUT2D eigenvalue weighted by Gasteiger charge is -2.01. The number of pyridine rings is 1. The summed E-state index contributed by atoms with van der Waals surface area (Å²) in [5, 5.41) is 13.1. The average molecular weight is 281 g/mol. The SMILES string of the molecule is O=C(O)c1csc(CNC(=O)c2ccc(F)cn2)n1. The van der Waals surface area contributed by atoms with Gasteiger partial charge in [-0.2, -0.15) is 0 Å². The number of hydrogen-bond donors (Lipinski definition) is 2. The molecular weight excluding hydrogens is 273 g/mol. The summed E-state index contributed by atoms with van der Waals surface area (Å²) in [6.07, 6.45) is 0.945. The van der Waals surface area contributed by atoms with Crippen LogP contribution >= 0.6 is 11.3 Å². The second kappa shape index (κ2) is 5.53. The molecular formula is C11H8FN3O3S. The minimum Gasteiger partial charge on any atom is -0.476 e. The van der Waals surface area contributed by atoms with Crippen molar-refractivity contribution in [3.8, 4) is 0 Å². The second-order valence-corrected chi connectivity index (χ2v) is 4.42. The van der Waals surface area contributed by atoms with Crippen molar-refractivity contribution in [1.82, 2.24) is 15.3 Å². The number of nitrogens with one attached hydrogen (secondary N) is 1. The number of aromatic nitrogens is 2. The second-order valence-electron chi connectivity index (χ2n) is 3.48. The summed E-state index contributed by atoms with van der Waals surface area (Å²) < 4.78 is 12.6. The van der Waals surface area contributed by atoms with Gasteiger partial charge in [-0.3, -0.25) is 4.79 Å². The van der Waals surface area contributed by atoms with E-state index in [1.165, 1.54) is 11.4 Å². The van der Waals surface area contributed by atoms with Crippen molar-refractivity contribution in [1.29, 1.82) is 0 Å². The van der Waals surface area contributed by atoms with Crippen LogP contribution in [0.4, 0.5) is 4.39 Å². The van der Waals surface area contributed by atoms with Crippen LogP contribution in [-0.2, 0) is 6.54 Å². The molecule has 19 heavy (non-hydrogen) atoms. The predicted octanol–water partition coefficient (Wildman–Crippen LogP) is 1.31. The van der Waals surface area contributed by atoms with Crippen LogP contribution in [0.5, 0.6) is 0 Å². The van der Waals surface area contributed by atoms with Crippen molar-refractivity contribution >= 4 is 23.2 Å². The Morgan fingerprint density at radius 1 is 1.37 bits per heavy atom. The molecule has 8 heteroatoms. The largest absolute Gasteiger partial charge is 0.476 e. The molecule has 0 saturated heterocycles. The Balaban J connectivity index is 1.96. The Bertz CT molecular complexity index is 612. The molecule has 2 N–H and O–H groups in total. The fraction of sp³-hybridized carbons (Fsp3) is 0.0909. The summed E-state index contributed by atoms with van der Waals surface area (Å²) in [6, 6.07) is 2.39. The van der Waals surface area contributed by atoms with E-state index in [4.69, 9.17) is 5.11 Å². The molecule has 0 aliphatic rings. The van der Waals surface area contributed by atoms with E-state index in [-0.39, 0.29) is 17.9 Å². The van der Waals surface area contributed by atoms with E-state index in [1.54, 1.807) is 0 Å². The molecule has 0 aliphatic heterocycles. The molecule has 0 radical (unpaired) electrons. The van der Waals surface area contributed by atoms with Crippen molar-refractivity contribution < 1.29 is 19.1 Å². The minimum absolute atomic E-state index is 0.0610. The van der Waals surface area contributed by atoms with Gasteiger partial charge in [0.2, 0.25) is 0 Å². The normalized spacial score (nSPS) is 10.2. The molecule has 6 nitrogen and oxygen atoms in total. The van der Waals surface area contributed by atoms with E-state index in [2.05, 4.69) is 15.3 Å². The van der Waals surface area contributed by atoms with E-state index in [0.717, 1.165) is 23.6 Å².